The third-order valence-corrected chi connectivity index (χ3v) is 6.14. The number of aliphatic hydroxyl groups is 1. The average Bonchev–Trinajstić information content (AvgIpc) is 3.30. The van der Waals surface area contributed by atoms with Gasteiger partial charge in [0.1, 0.15) is 34.8 Å². The van der Waals surface area contributed by atoms with E-state index in [1.54, 1.807) is 41.2 Å². The number of pyridine rings is 1. The fourth-order valence-corrected chi connectivity index (χ4v) is 4.37. The van der Waals surface area contributed by atoms with Gasteiger partial charge >= 0.3 is 0 Å². The van der Waals surface area contributed by atoms with Gasteiger partial charge in [0.05, 0.1) is 20.3 Å². The second-order valence-electron chi connectivity index (χ2n) is 8.21. The van der Waals surface area contributed by atoms with E-state index in [2.05, 4.69) is 29.9 Å². The fourth-order valence-electron chi connectivity index (χ4n) is 3.86. The number of nitrogens with one attached hydrogen (secondary N) is 1. The molecule has 13 heteroatoms. The van der Waals surface area contributed by atoms with E-state index in [0.29, 0.717) is 34.5 Å². The SMILES string of the molecule is COc1cccc(OC)c1-n1c(C[C@H](N[SH](=O)=O)[C@H](O)c2ncc(C)cn2)nnc1-c1cccc(C)n1. The minimum absolute atomic E-state index is 0.0677. The molecule has 3 heterocycles. The van der Waals surface area contributed by atoms with E-state index in [4.69, 9.17) is 9.47 Å². The second-order valence-corrected chi connectivity index (χ2v) is 8.98. The largest absolute Gasteiger partial charge is 0.494 e. The van der Waals surface area contributed by atoms with Crippen LogP contribution in [0.4, 0.5) is 0 Å². The number of aliphatic hydroxyl groups excluding tert-OH is 1. The molecule has 1 aromatic carbocycles. The molecule has 0 fully saturated rings. The first-order chi connectivity index (χ1) is 17.8. The molecule has 2 atom stereocenters. The maximum atomic E-state index is 11.7. The molecule has 0 spiro atoms. The number of hydrogen-bond donors (Lipinski definition) is 3. The van der Waals surface area contributed by atoms with Gasteiger partial charge in [0.25, 0.3) is 0 Å². The van der Waals surface area contributed by atoms with Crippen molar-refractivity contribution in [1.82, 2.24) is 34.4 Å². The number of hydrogen-bond acceptors (Lipinski definition) is 10. The highest BCUT2D eigenvalue weighted by Gasteiger charge is 2.29. The molecule has 0 aliphatic heterocycles. The first-order valence-corrected chi connectivity index (χ1v) is 12.5. The molecule has 0 saturated carbocycles. The van der Waals surface area contributed by atoms with Crippen LogP contribution >= 0.6 is 0 Å². The Morgan fingerprint density at radius 2 is 1.65 bits per heavy atom. The topological polar surface area (TPSA) is 154 Å². The van der Waals surface area contributed by atoms with Gasteiger partial charge in [0, 0.05) is 24.5 Å². The van der Waals surface area contributed by atoms with Crippen LogP contribution < -0.4 is 14.2 Å². The van der Waals surface area contributed by atoms with Gasteiger partial charge in [-0.15, -0.1) is 10.2 Å². The highest BCUT2D eigenvalue weighted by Crippen LogP contribution is 2.36. The Balaban J connectivity index is 1.88. The summed E-state index contributed by atoms with van der Waals surface area (Å²) in [6, 6.07) is 9.74. The van der Waals surface area contributed by atoms with Crippen molar-refractivity contribution in [2.75, 3.05) is 14.2 Å². The maximum Gasteiger partial charge on any atom is 0.201 e. The van der Waals surface area contributed by atoms with Crippen LogP contribution in [-0.4, -0.2) is 63.5 Å². The summed E-state index contributed by atoms with van der Waals surface area (Å²) in [4.78, 5) is 12.9. The Hall–Kier alpha value is -3.94. The fraction of sp³-hybridized carbons (Fsp3) is 0.292. The lowest BCUT2D eigenvalue weighted by Crippen LogP contribution is -2.37. The number of thiol groups is 1. The summed E-state index contributed by atoms with van der Waals surface area (Å²) in [6.45, 7) is 3.67. The first kappa shape index (κ1) is 26.1. The molecule has 0 unspecified atom stereocenters. The average molecular weight is 526 g/mol. The van der Waals surface area contributed by atoms with Crippen molar-refractivity contribution >= 4 is 10.9 Å². The standard InChI is InChI=1S/C24H27N7O5S/c1-14-12-25-23(26-13-14)22(32)17(30-37(33)34)11-20-28-29-24(16-8-5-7-15(2)27-16)31(20)21-18(35-3)9-6-10-19(21)36-4/h5-10,12-13,17,22,32,37H,11H2,1-4H3,(H,30,33,34)/t17-,22-/m0/s1. The van der Waals surface area contributed by atoms with E-state index in [1.807, 2.05) is 26.0 Å². The van der Waals surface area contributed by atoms with Crippen LogP contribution in [0.1, 0.15) is 29.0 Å². The van der Waals surface area contributed by atoms with Crippen LogP contribution in [0.2, 0.25) is 0 Å². The predicted octanol–water partition coefficient (Wildman–Crippen LogP) is 1.51. The molecule has 0 radical (unpaired) electrons. The molecule has 37 heavy (non-hydrogen) atoms. The van der Waals surface area contributed by atoms with Crippen molar-refractivity contribution in [3.63, 3.8) is 0 Å². The lowest BCUT2D eigenvalue weighted by atomic mass is 10.1. The zero-order valence-electron chi connectivity index (χ0n) is 20.7. The van der Waals surface area contributed by atoms with Crippen molar-refractivity contribution in [3.8, 4) is 28.7 Å². The quantitative estimate of drug-likeness (QED) is 0.260. The van der Waals surface area contributed by atoms with Gasteiger partial charge in [-0.05, 0) is 43.7 Å². The number of aryl methyl sites for hydroxylation is 2. The Morgan fingerprint density at radius 3 is 2.24 bits per heavy atom. The van der Waals surface area contributed by atoms with Crippen LogP contribution in [0.25, 0.3) is 17.2 Å². The third-order valence-electron chi connectivity index (χ3n) is 5.59. The van der Waals surface area contributed by atoms with Gasteiger partial charge in [-0.25, -0.2) is 28.1 Å². The Labute approximate surface area is 215 Å². The minimum atomic E-state index is -3.07. The van der Waals surface area contributed by atoms with E-state index < -0.39 is 23.0 Å². The highest BCUT2D eigenvalue weighted by atomic mass is 32.2. The number of ether oxygens (including phenoxy) is 2. The van der Waals surface area contributed by atoms with E-state index in [0.717, 1.165) is 11.3 Å². The summed E-state index contributed by atoms with van der Waals surface area (Å²) in [5, 5.41) is 19.8. The van der Waals surface area contributed by atoms with Gasteiger partial charge in [-0.2, -0.15) is 0 Å². The van der Waals surface area contributed by atoms with Crippen LogP contribution in [0.5, 0.6) is 11.5 Å². The summed E-state index contributed by atoms with van der Waals surface area (Å²) in [5.41, 5.74) is 2.61. The molecule has 4 aromatic rings. The van der Waals surface area contributed by atoms with Crippen molar-refractivity contribution in [2.24, 2.45) is 0 Å². The van der Waals surface area contributed by atoms with E-state index >= 15 is 0 Å². The normalized spacial score (nSPS) is 12.9. The van der Waals surface area contributed by atoms with E-state index in [9.17, 15) is 13.5 Å². The molecular weight excluding hydrogens is 498 g/mol. The molecule has 4 rings (SSSR count). The van der Waals surface area contributed by atoms with Crippen molar-refractivity contribution < 1.29 is 23.0 Å². The Kier molecular flexibility index (Phi) is 8.06. The van der Waals surface area contributed by atoms with E-state index in [1.165, 1.54) is 14.2 Å². The zero-order valence-corrected chi connectivity index (χ0v) is 21.6. The third kappa shape index (κ3) is 5.74. The zero-order chi connectivity index (χ0) is 26.5. The first-order valence-electron chi connectivity index (χ1n) is 11.3. The lowest BCUT2D eigenvalue weighted by Gasteiger charge is -2.22. The van der Waals surface area contributed by atoms with Crippen molar-refractivity contribution in [3.05, 3.63) is 71.7 Å². The second kappa shape index (κ2) is 11.4. The monoisotopic (exact) mass is 525 g/mol. The highest BCUT2D eigenvalue weighted by molar-refractivity contribution is 7.70. The number of para-hydroxylation sites is 1. The molecular formula is C24H27N7O5S. The van der Waals surface area contributed by atoms with Crippen molar-refractivity contribution in [2.45, 2.75) is 32.4 Å². The summed E-state index contributed by atoms with van der Waals surface area (Å²) < 4.78 is 38.7. The minimum Gasteiger partial charge on any atom is -0.494 e. The van der Waals surface area contributed by atoms with Gasteiger partial charge in [-0.1, -0.05) is 12.1 Å². The van der Waals surface area contributed by atoms with Crippen LogP contribution in [0, 0.1) is 13.8 Å². The van der Waals surface area contributed by atoms with Crippen molar-refractivity contribution in [1.29, 1.82) is 0 Å². The van der Waals surface area contributed by atoms with Gasteiger partial charge < -0.3 is 14.6 Å². The van der Waals surface area contributed by atoms with Crippen LogP contribution in [0.3, 0.4) is 0 Å². The van der Waals surface area contributed by atoms with E-state index in [-0.39, 0.29) is 12.2 Å². The molecule has 0 amide bonds. The molecule has 0 aliphatic carbocycles. The Morgan fingerprint density at radius 1 is 1.00 bits per heavy atom. The van der Waals surface area contributed by atoms with Gasteiger partial charge in [0.15, 0.2) is 11.6 Å². The summed E-state index contributed by atoms with van der Waals surface area (Å²) in [5.74, 6) is 1.71. The summed E-state index contributed by atoms with van der Waals surface area (Å²) in [6.07, 6.45) is 1.66. The molecule has 0 saturated heterocycles. The number of rotatable bonds is 10. The Bertz CT molecular complexity index is 1430. The molecule has 12 nitrogen and oxygen atoms in total. The lowest BCUT2D eigenvalue weighted by molar-refractivity contribution is 0.129. The summed E-state index contributed by atoms with van der Waals surface area (Å²) >= 11 is 0. The van der Waals surface area contributed by atoms with Crippen LogP contribution in [-0.2, 0) is 17.3 Å². The molecule has 3 aromatic heterocycles. The molecule has 2 N–H and O–H groups in total. The summed E-state index contributed by atoms with van der Waals surface area (Å²) in [7, 11) is -0.0224. The molecule has 0 bridgehead atoms. The van der Waals surface area contributed by atoms with Gasteiger partial charge in [0.2, 0.25) is 10.9 Å². The molecule has 0 aliphatic rings. The maximum absolute atomic E-state index is 11.7. The smallest absolute Gasteiger partial charge is 0.201 e. The van der Waals surface area contributed by atoms with Crippen LogP contribution in [0.15, 0.2) is 48.8 Å². The molecule has 194 valence electrons. The predicted molar refractivity (Wildman–Crippen MR) is 135 cm³/mol. The number of benzene rings is 1. The van der Waals surface area contributed by atoms with Gasteiger partial charge in [-0.3, -0.25) is 4.57 Å². The number of methoxy groups -OCH3 is 2. The number of aromatic nitrogens is 6. The number of nitrogens with zero attached hydrogens (tertiary/aromatic N) is 6.